The van der Waals surface area contributed by atoms with E-state index < -0.39 is 10.4 Å². The van der Waals surface area contributed by atoms with Crippen LogP contribution < -0.4 is 0 Å². The Kier molecular flexibility index (Phi) is 3.96. The average molecular weight is 168 g/mol. The first-order valence-corrected chi connectivity index (χ1v) is 4.88. The molecule has 0 heterocycles. The second-order valence-electron chi connectivity index (χ2n) is 2.23. The van der Waals surface area contributed by atoms with Crippen LogP contribution >= 0.6 is 21.6 Å². The predicted octanol–water partition coefficient (Wildman–Crippen LogP) is 1.43. The summed E-state index contributed by atoms with van der Waals surface area (Å²) >= 11 is 0. The van der Waals surface area contributed by atoms with Gasteiger partial charge in [0.2, 0.25) is 0 Å². The third-order valence-electron chi connectivity index (χ3n) is 0.391. The van der Waals surface area contributed by atoms with Gasteiger partial charge in [-0.1, -0.05) is 21.6 Å². The molecule has 1 atom stereocenters. The van der Waals surface area contributed by atoms with Gasteiger partial charge < -0.3 is 10.2 Å². The highest BCUT2D eigenvalue weighted by Gasteiger charge is 2.14. The Balaban J connectivity index is 3.28. The molecule has 0 rings (SSSR count). The molecule has 0 spiro atoms. The second kappa shape index (κ2) is 3.71. The van der Waals surface area contributed by atoms with E-state index in [1.807, 2.05) is 0 Å². The van der Waals surface area contributed by atoms with Crippen molar-refractivity contribution < 1.29 is 10.2 Å². The topological polar surface area (TPSA) is 40.5 Å². The van der Waals surface area contributed by atoms with Gasteiger partial charge in [0.15, 0.2) is 0 Å². The van der Waals surface area contributed by atoms with Crippen LogP contribution in [0.5, 0.6) is 0 Å². The van der Waals surface area contributed by atoms with Gasteiger partial charge in [-0.3, -0.25) is 0 Å². The summed E-state index contributed by atoms with van der Waals surface area (Å²) in [6, 6.07) is 0. The first kappa shape index (κ1) is 9.62. The first-order valence-electron chi connectivity index (χ1n) is 2.67. The molecule has 56 valence electrons. The monoisotopic (exact) mass is 168 g/mol. The Morgan fingerprint density at radius 1 is 1.44 bits per heavy atom. The minimum atomic E-state index is -0.748. The third kappa shape index (κ3) is 8.62. The highest BCUT2D eigenvalue weighted by molar-refractivity contribution is 8.77. The molecule has 0 bridgehead atoms. The fourth-order valence-electron chi connectivity index (χ4n) is 0.187. The lowest BCUT2D eigenvalue weighted by atomic mass is 10.5. The van der Waals surface area contributed by atoms with Crippen LogP contribution in [0, 0.1) is 0 Å². The van der Waals surface area contributed by atoms with E-state index in [4.69, 9.17) is 10.2 Å². The lowest BCUT2D eigenvalue weighted by Gasteiger charge is -2.15. The van der Waals surface area contributed by atoms with Crippen LogP contribution in [0.15, 0.2) is 0 Å². The number of hydrogen-bond donors (Lipinski definition) is 2. The van der Waals surface area contributed by atoms with E-state index in [9.17, 15) is 0 Å². The second-order valence-corrected chi connectivity index (χ2v) is 5.34. The molecule has 1 unspecified atom stereocenters. The fraction of sp³-hybridized carbons (Fsp3) is 1.00. The van der Waals surface area contributed by atoms with Gasteiger partial charge >= 0.3 is 0 Å². The molecule has 0 saturated heterocycles. The van der Waals surface area contributed by atoms with Crippen molar-refractivity contribution in [3.63, 3.8) is 0 Å². The van der Waals surface area contributed by atoms with Gasteiger partial charge in [0, 0.05) is 0 Å². The van der Waals surface area contributed by atoms with Gasteiger partial charge in [-0.15, -0.1) is 0 Å². The molecular weight excluding hydrogens is 156 g/mol. The highest BCUT2D eigenvalue weighted by atomic mass is 33.1. The van der Waals surface area contributed by atoms with E-state index in [0.717, 1.165) is 0 Å². The van der Waals surface area contributed by atoms with Crippen LogP contribution in [-0.4, -0.2) is 20.6 Å². The van der Waals surface area contributed by atoms with Crippen molar-refractivity contribution in [3.8, 4) is 0 Å². The Bertz CT molecular complexity index is 77.5. The molecule has 0 fully saturated rings. The highest BCUT2D eigenvalue weighted by Crippen LogP contribution is 2.35. The lowest BCUT2D eigenvalue weighted by Crippen LogP contribution is -2.11. The van der Waals surface area contributed by atoms with Gasteiger partial charge in [0.05, 0.1) is 0 Å². The SMILES string of the molecule is CC(O)SSC(C)(C)O. The van der Waals surface area contributed by atoms with E-state index in [0.29, 0.717) is 0 Å². The molecule has 0 radical (unpaired) electrons. The first-order chi connectivity index (χ1) is 3.92. The molecule has 4 heteroatoms. The Morgan fingerprint density at radius 2 is 1.89 bits per heavy atom. The van der Waals surface area contributed by atoms with Crippen molar-refractivity contribution in [1.82, 2.24) is 0 Å². The normalized spacial score (nSPS) is 15.7. The van der Waals surface area contributed by atoms with Gasteiger partial charge in [-0.05, 0) is 20.8 Å². The van der Waals surface area contributed by atoms with Crippen LogP contribution in [0.4, 0.5) is 0 Å². The summed E-state index contributed by atoms with van der Waals surface area (Å²) in [5.41, 5.74) is -0.415. The van der Waals surface area contributed by atoms with Crippen LogP contribution in [0.3, 0.4) is 0 Å². The van der Waals surface area contributed by atoms with Gasteiger partial charge in [0.1, 0.15) is 10.4 Å². The molecule has 0 aliphatic rings. The number of hydrogen-bond acceptors (Lipinski definition) is 4. The molecule has 0 amide bonds. The largest absolute Gasteiger partial charge is 0.382 e. The minimum absolute atomic E-state index is 0.415. The van der Waals surface area contributed by atoms with Crippen molar-refractivity contribution in [3.05, 3.63) is 0 Å². The quantitative estimate of drug-likeness (QED) is 0.494. The molecule has 0 aromatic carbocycles. The van der Waals surface area contributed by atoms with Gasteiger partial charge in [-0.25, -0.2) is 0 Å². The average Bonchev–Trinajstić information content (AvgIpc) is 1.59. The van der Waals surface area contributed by atoms with E-state index in [-0.39, 0.29) is 0 Å². The molecule has 0 aliphatic carbocycles. The van der Waals surface area contributed by atoms with Crippen molar-refractivity contribution in [1.29, 1.82) is 0 Å². The zero-order valence-electron chi connectivity index (χ0n) is 5.79. The minimum Gasteiger partial charge on any atom is -0.382 e. The lowest BCUT2D eigenvalue weighted by molar-refractivity contribution is 0.181. The van der Waals surface area contributed by atoms with E-state index >= 15 is 0 Å². The molecule has 0 aliphatic heterocycles. The molecule has 0 saturated carbocycles. The summed E-state index contributed by atoms with van der Waals surface area (Å²) in [5, 5.41) is 17.8. The van der Waals surface area contributed by atoms with Crippen LogP contribution in [0.1, 0.15) is 20.8 Å². The number of rotatable bonds is 3. The van der Waals surface area contributed by atoms with E-state index in [1.165, 1.54) is 21.6 Å². The molecular formula is C5H12O2S2. The maximum absolute atomic E-state index is 9.10. The number of aliphatic hydroxyl groups is 2. The zero-order chi connectivity index (χ0) is 7.49. The van der Waals surface area contributed by atoms with Crippen molar-refractivity contribution in [2.24, 2.45) is 0 Å². The summed E-state index contributed by atoms with van der Waals surface area (Å²) in [6.45, 7) is 5.05. The third-order valence-corrected chi connectivity index (χ3v) is 3.52. The van der Waals surface area contributed by atoms with Gasteiger partial charge in [-0.2, -0.15) is 0 Å². The van der Waals surface area contributed by atoms with Crippen molar-refractivity contribution in [2.45, 2.75) is 31.1 Å². The summed E-state index contributed by atoms with van der Waals surface area (Å²) in [4.78, 5) is -0.748. The molecule has 0 aromatic rings. The maximum Gasteiger partial charge on any atom is 0.114 e. The van der Waals surface area contributed by atoms with E-state index in [1.54, 1.807) is 20.8 Å². The standard InChI is InChI=1S/C5H12O2S2/c1-4(6)8-9-5(2,3)7/h4,6-7H,1-3H3. The van der Waals surface area contributed by atoms with Crippen LogP contribution in [-0.2, 0) is 0 Å². The van der Waals surface area contributed by atoms with Crippen molar-refractivity contribution >= 4 is 21.6 Å². The summed E-state index contributed by atoms with van der Waals surface area (Å²) in [6.07, 6.45) is 0. The molecule has 2 N–H and O–H groups in total. The van der Waals surface area contributed by atoms with Crippen LogP contribution in [0.25, 0.3) is 0 Å². The number of aliphatic hydroxyl groups excluding tert-OH is 1. The summed E-state index contributed by atoms with van der Waals surface area (Å²) in [7, 11) is 2.52. The maximum atomic E-state index is 9.10. The van der Waals surface area contributed by atoms with Crippen LogP contribution in [0.2, 0.25) is 0 Å². The molecule has 9 heavy (non-hydrogen) atoms. The Labute approximate surface area is 63.4 Å². The zero-order valence-corrected chi connectivity index (χ0v) is 7.42. The summed E-state index contributed by atoms with van der Waals surface area (Å²) in [5.74, 6) is 0. The summed E-state index contributed by atoms with van der Waals surface area (Å²) < 4.78 is 0. The van der Waals surface area contributed by atoms with E-state index in [2.05, 4.69) is 0 Å². The van der Waals surface area contributed by atoms with Crippen molar-refractivity contribution in [2.75, 3.05) is 0 Å². The predicted molar refractivity (Wildman–Crippen MR) is 43.2 cm³/mol. The molecule has 2 nitrogen and oxygen atoms in total. The fourth-order valence-corrected chi connectivity index (χ4v) is 1.69. The van der Waals surface area contributed by atoms with Gasteiger partial charge in [0.25, 0.3) is 0 Å². The Hall–Kier alpha value is 0.620. The smallest absolute Gasteiger partial charge is 0.114 e. The Morgan fingerprint density at radius 3 is 2.00 bits per heavy atom. The molecule has 0 aromatic heterocycles.